The Labute approximate surface area is 125 Å². The maximum Gasteiger partial charge on any atom is 0.156 e. The van der Waals surface area contributed by atoms with Crippen molar-refractivity contribution in [2.24, 2.45) is 22.7 Å². The number of hydrogen-bond acceptors (Lipinski definition) is 2. The van der Waals surface area contributed by atoms with Gasteiger partial charge in [0.15, 0.2) is 5.78 Å². The van der Waals surface area contributed by atoms with Gasteiger partial charge in [-0.3, -0.25) is 4.79 Å². The van der Waals surface area contributed by atoms with Gasteiger partial charge in [-0.1, -0.05) is 19.1 Å². The highest BCUT2D eigenvalue weighted by Crippen LogP contribution is 2.79. The van der Waals surface area contributed by atoms with Crippen molar-refractivity contribution in [3.05, 3.63) is 34.9 Å². The van der Waals surface area contributed by atoms with Crippen molar-refractivity contribution in [2.45, 2.75) is 51.6 Å². The van der Waals surface area contributed by atoms with E-state index in [0.29, 0.717) is 23.5 Å². The molecule has 1 N–H and O–H groups in total. The van der Waals surface area contributed by atoms with Crippen LogP contribution < -0.4 is 0 Å². The van der Waals surface area contributed by atoms with Crippen molar-refractivity contribution < 1.29 is 9.90 Å². The van der Waals surface area contributed by atoms with E-state index >= 15 is 0 Å². The molecule has 1 spiro atoms. The molecule has 0 aromatic heterocycles. The Bertz CT molecular complexity index is 652. The van der Waals surface area contributed by atoms with Gasteiger partial charge in [0.05, 0.1) is 6.10 Å². The molecule has 110 valence electrons. The van der Waals surface area contributed by atoms with Gasteiger partial charge >= 0.3 is 0 Å². The van der Waals surface area contributed by atoms with E-state index in [1.165, 1.54) is 29.6 Å². The van der Waals surface area contributed by atoms with Gasteiger partial charge in [0.1, 0.15) is 0 Å². The molecule has 0 aromatic rings. The minimum atomic E-state index is -0.163. The molecule has 0 saturated heterocycles. The molecule has 5 aliphatic carbocycles. The minimum Gasteiger partial charge on any atom is -0.392 e. The first-order valence-corrected chi connectivity index (χ1v) is 8.40. The molecule has 3 unspecified atom stereocenters. The summed E-state index contributed by atoms with van der Waals surface area (Å²) in [6, 6.07) is 0. The average Bonchev–Trinajstić information content (AvgIpc) is 3.12. The van der Waals surface area contributed by atoms with Crippen LogP contribution in [-0.4, -0.2) is 17.0 Å². The Balaban J connectivity index is 1.69. The zero-order chi connectivity index (χ0) is 14.4. The molecule has 2 fully saturated rings. The number of carbonyl (C=O) groups excluding carboxylic acids is 1. The minimum absolute atomic E-state index is 0.0158. The van der Waals surface area contributed by atoms with Gasteiger partial charge in [0.2, 0.25) is 0 Å². The fourth-order valence-corrected chi connectivity index (χ4v) is 6.19. The number of aliphatic hydroxyl groups excluding tert-OH is 1. The number of fused-ring (bicyclic) bond motifs is 2. The number of aliphatic hydroxyl groups is 1. The van der Waals surface area contributed by atoms with Gasteiger partial charge in [-0.05, 0) is 72.2 Å². The number of allylic oxidation sites excluding steroid dienone is 5. The lowest BCUT2D eigenvalue weighted by molar-refractivity contribution is -0.114. The quantitative estimate of drug-likeness (QED) is 0.740. The van der Waals surface area contributed by atoms with E-state index in [1.54, 1.807) is 0 Å². The molecule has 0 amide bonds. The predicted molar refractivity (Wildman–Crippen MR) is 80.5 cm³/mol. The molecule has 2 saturated carbocycles. The lowest BCUT2D eigenvalue weighted by atomic mass is 9.57. The molecule has 0 radical (unpaired) electrons. The molecule has 0 aromatic carbocycles. The van der Waals surface area contributed by atoms with Crippen LogP contribution in [0.2, 0.25) is 0 Å². The molecule has 2 nitrogen and oxygen atoms in total. The maximum absolute atomic E-state index is 11.7. The average molecular weight is 282 g/mol. The monoisotopic (exact) mass is 282 g/mol. The Morgan fingerprint density at radius 3 is 3.00 bits per heavy atom. The third-order valence-electron chi connectivity index (χ3n) is 7.36. The molecule has 5 rings (SSSR count). The molecule has 0 aliphatic heterocycles. The van der Waals surface area contributed by atoms with Gasteiger partial charge in [0.25, 0.3) is 0 Å². The van der Waals surface area contributed by atoms with Crippen LogP contribution in [0, 0.1) is 22.7 Å². The van der Waals surface area contributed by atoms with Crippen LogP contribution in [0.15, 0.2) is 34.9 Å². The largest absolute Gasteiger partial charge is 0.392 e. The molecule has 0 heterocycles. The van der Waals surface area contributed by atoms with Crippen molar-refractivity contribution >= 4 is 5.78 Å². The molecule has 2 heteroatoms. The highest BCUT2D eigenvalue weighted by Gasteiger charge is 2.75. The van der Waals surface area contributed by atoms with E-state index in [-0.39, 0.29) is 11.5 Å². The van der Waals surface area contributed by atoms with Crippen molar-refractivity contribution in [1.29, 1.82) is 0 Å². The second-order valence-electron chi connectivity index (χ2n) is 7.97. The lowest BCUT2D eigenvalue weighted by Crippen LogP contribution is -2.43. The zero-order valence-corrected chi connectivity index (χ0v) is 12.6. The topological polar surface area (TPSA) is 37.3 Å². The van der Waals surface area contributed by atoms with Crippen LogP contribution in [-0.2, 0) is 4.79 Å². The van der Waals surface area contributed by atoms with Crippen LogP contribution in [0.1, 0.15) is 45.4 Å². The highest BCUT2D eigenvalue weighted by molar-refractivity contribution is 5.93. The van der Waals surface area contributed by atoms with Gasteiger partial charge < -0.3 is 5.11 Å². The smallest absolute Gasteiger partial charge is 0.156 e. The van der Waals surface area contributed by atoms with Crippen molar-refractivity contribution in [1.82, 2.24) is 0 Å². The van der Waals surface area contributed by atoms with Crippen LogP contribution >= 0.6 is 0 Å². The van der Waals surface area contributed by atoms with E-state index < -0.39 is 0 Å². The van der Waals surface area contributed by atoms with Gasteiger partial charge in [0, 0.05) is 11.8 Å². The summed E-state index contributed by atoms with van der Waals surface area (Å²) in [6.07, 6.45) is 12.5. The van der Waals surface area contributed by atoms with Crippen LogP contribution in [0.3, 0.4) is 0 Å². The summed E-state index contributed by atoms with van der Waals surface area (Å²) in [5.41, 5.74) is 4.59. The number of hydrogen-bond donors (Lipinski definition) is 1. The summed E-state index contributed by atoms with van der Waals surface area (Å²) in [7, 11) is 0. The Morgan fingerprint density at radius 1 is 1.29 bits per heavy atom. The standard InChI is InChI=1S/C19H22O2/c1-18-7-6-15-14-4-3-13(20)8-11(14)2-5-16(15)19(18)10-12(19)9-17(18)21/h6-8,12,16-17,21H,2-5,9-10H2,1H3/t12?,16-,17?,18-,19?/m1/s1. The Hall–Kier alpha value is -1.15. The van der Waals surface area contributed by atoms with E-state index in [4.69, 9.17) is 0 Å². The highest BCUT2D eigenvalue weighted by atomic mass is 16.3. The van der Waals surface area contributed by atoms with Crippen molar-refractivity contribution in [3.8, 4) is 0 Å². The molecule has 5 aliphatic rings. The van der Waals surface area contributed by atoms with Crippen molar-refractivity contribution in [2.75, 3.05) is 0 Å². The molecule has 0 bridgehead atoms. The second-order valence-corrected chi connectivity index (χ2v) is 7.97. The predicted octanol–water partition coefficient (Wildman–Crippen LogP) is 3.33. The third kappa shape index (κ3) is 1.27. The first-order chi connectivity index (χ1) is 10.1. The lowest BCUT2D eigenvalue weighted by Gasteiger charge is -2.47. The summed E-state index contributed by atoms with van der Waals surface area (Å²) < 4.78 is 0. The fourth-order valence-electron chi connectivity index (χ4n) is 6.19. The number of ketones is 1. The van der Waals surface area contributed by atoms with Crippen LogP contribution in [0.4, 0.5) is 0 Å². The summed E-state index contributed by atoms with van der Waals surface area (Å²) >= 11 is 0. The third-order valence-corrected chi connectivity index (χ3v) is 7.36. The summed E-state index contributed by atoms with van der Waals surface area (Å²) in [6.45, 7) is 2.28. The normalized spacial score (nSPS) is 50.1. The van der Waals surface area contributed by atoms with E-state index in [1.807, 2.05) is 6.08 Å². The van der Waals surface area contributed by atoms with E-state index in [0.717, 1.165) is 25.2 Å². The molecular formula is C19H22O2. The molecule has 5 atom stereocenters. The first-order valence-electron chi connectivity index (χ1n) is 8.40. The molecular weight excluding hydrogens is 260 g/mol. The maximum atomic E-state index is 11.7. The van der Waals surface area contributed by atoms with Gasteiger partial charge in [-0.25, -0.2) is 0 Å². The van der Waals surface area contributed by atoms with Crippen LogP contribution in [0.5, 0.6) is 0 Å². The SMILES string of the molecule is C[C@]12C=CC3=C4CCC(=O)C=C4CC[C@H]3C13CC3CC2O. The van der Waals surface area contributed by atoms with E-state index in [9.17, 15) is 9.90 Å². The van der Waals surface area contributed by atoms with Crippen LogP contribution in [0.25, 0.3) is 0 Å². The Kier molecular flexibility index (Phi) is 2.13. The number of carbonyl (C=O) groups is 1. The summed E-state index contributed by atoms with van der Waals surface area (Å²) in [5, 5.41) is 10.5. The van der Waals surface area contributed by atoms with Gasteiger partial charge in [-0.2, -0.15) is 0 Å². The van der Waals surface area contributed by atoms with E-state index in [2.05, 4.69) is 19.1 Å². The molecule has 21 heavy (non-hydrogen) atoms. The fraction of sp³-hybridized carbons (Fsp3) is 0.632. The number of rotatable bonds is 0. The summed E-state index contributed by atoms with van der Waals surface area (Å²) in [5.74, 6) is 1.64. The van der Waals surface area contributed by atoms with Crippen molar-refractivity contribution in [3.63, 3.8) is 0 Å². The summed E-state index contributed by atoms with van der Waals surface area (Å²) in [4.78, 5) is 11.7. The first kappa shape index (κ1) is 12.4. The zero-order valence-electron chi connectivity index (χ0n) is 12.6. The van der Waals surface area contributed by atoms with Gasteiger partial charge in [-0.15, -0.1) is 0 Å². The second kappa shape index (κ2) is 3.60. The Morgan fingerprint density at radius 2 is 2.14 bits per heavy atom.